The molecule has 98 valence electrons. The molecule has 0 aliphatic carbocycles. The molecule has 0 bridgehead atoms. The van der Waals surface area contributed by atoms with Gasteiger partial charge in [-0.05, 0) is 52.3 Å². The molecule has 0 atom stereocenters. The Morgan fingerprint density at radius 3 is 2.47 bits per heavy atom. The predicted octanol–water partition coefficient (Wildman–Crippen LogP) is 4.74. The Morgan fingerprint density at radius 1 is 1.05 bits per heavy atom. The number of hydrogen-bond acceptors (Lipinski definition) is 1. The van der Waals surface area contributed by atoms with Crippen LogP contribution in [0.25, 0.3) is 0 Å². The van der Waals surface area contributed by atoms with Crippen LogP contribution in [0.5, 0.6) is 0 Å². The second-order valence-electron chi connectivity index (χ2n) is 3.70. The highest BCUT2D eigenvalue weighted by Gasteiger charge is 2.13. The Hall–Kier alpha value is -1.27. The van der Waals surface area contributed by atoms with Gasteiger partial charge < -0.3 is 5.32 Å². The monoisotopic (exact) mass is 389 g/mol. The molecule has 0 saturated carbocycles. The van der Waals surface area contributed by atoms with Crippen molar-refractivity contribution in [2.45, 2.75) is 0 Å². The smallest absolute Gasteiger partial charge is 0.256 e. The molecule has 0 unspecified atom stereocenters. The SMILES string of the molecule is O=C(Nc1ccc(Br)cc1F)c1cc(F)ccc1Br. The lowest BCUT2D eigenvalue weighted by Crippen LogP contribution is -2.14. The molecule has 2 rings (SSSR count). The van der Waals surface area contributed by atoms with Crippen LogP contribution >= 0.6 is 31.9 Å². The van der Waals surface area contributed by atoms with Gasteiger partial charge >= 0.3 is 0 Å². The zero-order valence-electron chi connectivity index (χ0n) is 9.38. The topological polar surface area (TPSA) is 29.1 Å². The number of amides is 1. The van der Waals surface area contributed by atoms with Gasteiger partial charge in [-0.15, -0.1) is 0 Å². The number of hydrogen-bond donors (Lipinski definition) is 1. The summed E-state index contributed by atoms with van der Waals surface area (Å²) in [5, 5.41) is 2.39. The fourth-order valence-corrected chi connectivity index (χ4v) is 2.21. The summed E-state index contributed by atoms with van der Waals surface area (Å²) in [5.74, 6) is -1.70. The number of carbonyl (C=O) groups is 1. The highest BCUT2D eigenvalue weighted by Crippen LogP contribution is 2.22. The molecule has 0 spiro atoms. The summed E-state index contributed by atoms with van der Waals surface area (Å²) < 4.78 is 27.7. The van der Waals surface area contributed by atoms with E-state index in [0.717, 1.165) is 6.07 Å². The summed E-state index contributed by atoms with van der Waals surface area (Å²) in [7, 11) is 0. The third kappa shape index (κ3) is 3.39. The van der Waals surface area contributed by atoms with E-state index in [9.17, 15) is 13.6 Å². The minimum Gasteiger partial charge on any atom is -0.319 e. The molecule has 1 amide bonds. The van der Waals surface area contributed by atoms with Crippen LogP contribution < -0.4 is 5.32 Å². The molecular formula is C13H7Br2F2NO. The maximum absolute atomic E-state index is 13.6. The van der Waals surface area contributed by atoms with Crippen LogP contribution in [0, 0.1) is 11.6 Å². The Labute approximate surface area is 125 Å². The third-order valence-corrected chi connectivity index (χ3v) is 3.54. The number of halogens is 4. The van der Waals surface area contributed by atoms with Crippen LogP contribution in [0.15, 0.2) is 45.3 Å². The molecule has 0 aromatic heterocycles. The van der Waals surface area contributed by atoms with Gasteiger partial charge in [0, 0.05) is 8.95 Å². The quantitative estimate of drug-likeness (QED) is 0.788. The van der Waals surface area contributed by atoms with E-state index in [1.54, 1.807) is 6.07 Å². The highest BCUT2D eigenvalue weighted by atomic mass is 79.9. The number of anilines is 1. The van der Waals surface area contributed by atoms with Crippen LogP contribution in [0.2, 0.25) is 0 Å². The average Bonchev–Trinajstić information content (AvgIpc) is 2.35. The molecule has 1 N–H and O–H groups in total. The van der Waals surface area contributed by atoms with E-state index >= 15 is 0 Å². The van der Waals surface area contributed by atoms with Gasteiger partial charge in [-0.3, -0.25) is 4.79 Å². The molecule has 0 aliphatic heterocycles. The summed E-state index contributed by atoms with van der Waals surface area (Å²) in [4.78, 5) is 11.9. The van der Waals surface area contributed by atoms with Crippen LogP contribution in [0.4, 0.5) is 14.5 Å². The molecule has 2 aromatic carbocycles. The molecular weight excluding hydrogens is 384 g/mol. The van der Waals surface area contributed by atoms with Gasteiger partial charge in [-0.25, -0.2) is 8.78 Å². The Morgan fingerprint density at radius 2 is 1.79 bits per heavy atom. The van der Waals surface area contributed by atoms with Crippen molar-refractivity contribution in [1.29, 1.82) is 0 Å². The van der Waals surface area contributed by atoms with Crippen LogP contribution in [-0.4, -0.2) is 5.91 Å². The first-order valence-electron chi connectivity index (χ1n) is 5.19. The van der Waals surface area contributed by atoms with Crippen molar-refractivity contribution >= 4 is 43.5 Å². The van der Waals surface area contributed by atoms with Crippen molar-refractivity contribution in [3.05, 3.63) is 62.5 Å². The average molecular weight is 391 g/mol. The lowest BCUT2D eigenvalue weighted by molar-refractivity contribution is 0.102. The molecule has 6 heteroatoms. The summed E-state index contributed by atoms with van der Waals surface area (Å²) in [6, 6.07) is 7.97. The predicted molar refractivity (Wildman–Crippen MR) is 76.2 cm³/mol. The summed E-state index contributed by atoms with van der Waals surface area (Å²) in [5.41, 5.74) is 0.131. The van der Waals surface area contributed by atoms with Crippen molar-refractivity contribution in [1.82, 2.24) is 0 Å². The molecule has 0 heterocycles. The first kappa shape index (κ1) is 14.1. The summed E-state index contributed by atoms with van der Waals surface area (Å²) in [6.45, 7) is 0. The van der Waals surface area contributed by atoms with Crippen molar-refractivity contribution in [3.63, 3.8) is 0 Å². The lowest BCUT2D eigenvalue weighted by Gasteiger charge is -2.08. The Balaban J connectivity index is 2.28. The van der Waals surface area contributed by atoms with Crippen molar-refractivity contribution < 1.29 is 13.6 Å². The molecule has 19 heavy (non-hydrogen) atoms. The van der Waals surface area contributed by atoms with Gasteiger partial charge in [0.15, 0.2) is 0 Å². The summed E-state index contributed by atoms with van der Waals surface area (Å²) >= 11 is 6.26. The minimum absolute atomic E-state index is 0.0318. The Bertz CT molecular complexity index is 647. The molecule has 2 nitrogen and oxygen atoms in total. The van der Waals surface area contributed by atoms with Crippen LogP contribution in [0.3, 0.4) is 0 Å². The normalized spacial score (nSPS) is 10.3. The molecule has 0 saturated heterocycles. The summed E-state index contributed by atoms with van der Waals surface area (Å²) in [6.07, 6.45) is 0. The van der Waals surface area contributed by atoms with E-state index in [0.29, 0.717) is 8.95 Å². The molecule has 0 radical (unpaired) electrons. The minimum atomic E-state index is -0.590. The maximum Gasteiger partial charge on any atom is 0.256 e. The lowest BCUT2D eigenvalue weighted by atomic mass is 10.2. The van der Waals surface area contributed by atoms with Gasteiger partial charge in [0.25, 0.3) is 5.91 Å². The maximum atomic E-state index is 13.6. The van der Waals surface area contributed by atoms with E-state index < -0.39 is 17.5 Å². The standard InChI is InChI=1S/C13H7Br2F2NO/c14-7-1-4-12(11(17)5-7)18-13(19)9-6-8(16)2-3-10(9)15/h1-6H,(H,18,19). The zero-order valence-corrected chi connectivity index (χ0v) is 12.6. The van der Waals surface area contributed by atoms with Crippen LogP contribution in [0.1, 0.15) is 10.4 Å². The number of carbonyl (C=O) groups excluding carboxylic acids is 1. The van der Waals surface area contributed by atoms with Gasteiger partial charge in [-0.1, -0.05) is 15.9 Å². The molecule has 0 aliphatic rings. The zero-order chi connectivity index (χ0) is 14.0. The number of benzene rings is 2. The Kier molecular flexibility index (Phi) is 4.31. The number of rotatable bonds is 2. The first-order valence-corrected chi connectivity index (χ1v) is 6.77. The van der Waals surface area contributed by atoms with Gasteiger partial charge in [0.1, 0.15) is 11.6 Å². The largest absolute Gasteiger partial charge is 0.319 e. The van der Waals surface area contributed by atoms with E-state index in [4.69, 9.17) is 0 Å². The van der Waals surface area contributed by atoms with Crippen LogP contribution in [-0.2, 0) is 0 Å². The van der Waals surface area contributed by atoms with E-state index in [1.165, 1.54) is 24.3 Å². The van der Waals surface area contributed by atoms with Crippen molar-refractivity contribution in [2.75, 3.05) is 5.32 Å². The first-order chi connectivity index (χ1) is 8.97. The second-order valence-corrected chi connectivity index (χ2v) is 5.47. The van der Waals surface area contributed by atoms with Gasteiger partial charge in [-0.2, -0.15) is 0 Å². The third-order valence-electron chi connectivity index (χ3n) is 2.35. The fraction of sp³-hybridized carbons (Fsp3) is 0. The second kappa shape index (κ2) is 5.79. The van der Waals surface area contributed by atoms with E-state index in [-0.39, 0.29) is 11.3 Å². The van der Waals surface area contributed by atoms with E-state index in [1.807, 2.05) is 0 Å². The van der Waals surface area contributed by atoms with E-state index in [2.05, 4.69) is 37.2 Å². The van der Waals surface area contributed by atoms with Crippen molar-refractivity contribution in [3.8, 4) is 0 Å². The fourth-order valence-electron chi connectivity index (χ4n) is 1.45. The van der Waals surface area contributed by atoms with Gasteiger partial charge in [0.2, 0.25) is 0 Å². The number of nitrogens with one attached hydrogen (secondary N) is 1. The van der Waals surface area contributed by atoms with Crippen molar-refractivity contribution in [2.24, 2.45) is 0 Å². The van der Waals surface area contributed by atoms with Gasteiger partial charge in [0.05, 0.1) is 11.3 Å². The molecule has 0 fully saturated rings. The molecule has 2 aromatic rings. The highest BCUT2D eigenvalue weighted by molar-refractivity contribution is 9.10.